The third-order valence-corrected chi connectivity index (χ3v) is 1.88. The molecule has 0 aliphatic heterocycles. The smallest absolute Gasteiger partial charge is 0 e. The Morgan fingerprint density at radius 2 is 1.00 bits per heavy atom. The Morgan fingerprint density at radius 1 is 0.765 bits per heavy atom. The Bertz CT molecular complexity index is 352. The maximum Gasteiger partial charge on any atom is 0 e. The molecular weight excluding hydrogens is 298 g/mol. The first-order valence-corrected chi connectivity index (χ1v) is 5.13. The molecule has 0 aromatic heterocycles. The van der Waals surface area contributed by atoms with Gasteiger partial charge in [-0.3, -0.25) is 0 Å². The molecule has 2 aromatic carbocycles. The van der Waals surface area contributed by atoms with Gasteiger partial charge >= 0.3 is 0 Å². The van der Waals surface area contributed by atoms with E-state index in [4.69, 9.17) is 11.6 Å². The molecule has 0 nitrogen and oxygen atoms in total. The second-order valence-corrected chi connectivity index (χ2v) is 3.19. The fourth-order valence-corrected chi connectivity index (χ4v) is 1.26. The van der Waals surface area contributed by atoms with Crippen LogP contribution < -0.4 is 0 Å². The van der Waals surface area contributed by atoms with Gasteiger partial charge in [-0.15, -0.1) is 0 Å². The standard InChI is InChI=1S/C12H10.C2H3Cl.Cu.H3P/c1-3-7-11(8-4-1)12-9-5-2-6-10-12;1-2-3;;/h1-10H;2H,1H2;;1H3. The van der Waals surface area contributed by atoms with E-state index in [1.807, 2.05) is 12.1 Å². The van der Waals surface area contributed by atoms with Crippen molar-refractivity contribution in [3.63, 3.8) is 0 Å². The van der Waals surface area contributed by atoms with E-state index in [1.54, 1.807) is 0 Å². The van der Waals surface area contributed by atoms with Crippen LogP contribution in [0.4, 0.5) is 0 Å². The maximum absolute atomic E-state index is 4.76. The molecule has 1 atom stereocenters. The number of hydrogen-bond acceptors (Lipinski definition) is 0. The minimum Gasteiger partial charge on any atom is -0.153 e. The van der Waals surface area contributed by atoms with Gasteiger partial charge in [-0.2, -0.15) is 9.90 Å². The fourth-order valence-electron chi connectivity index (χ4n) is 1.26. The molecule has 17 heavy (non-hydrogen) atoms. The topological polar surface area (TPSA) is 0 Å². The zero-order valence-corrected chi connectivity index (χ0v) is 12.6. The van der Waals surface area contributed by atoms with E-state index >= 15 is 0 Å². The molecule has 0 spiro atoms. The van der Waals surface area contributed by atoms with Crippen molar-refractivity contribution in [3.05, 3.63) is 72.8 Å². The number of benzene rings is 2. The fraction of sp³-hybridized carbons (Fsp3) is 0. The van der Waals surface area contributed by atoms with E-state index < -0.39 is 0 Å². The molecule has 0 heterocycles. The Labute approximate surface area is 122 Å². The minimum absolute atomic E-state index is 0. The van der Waals surface area contributed by atoms with Crippen LogP contribution in [0.25, 0.3) is 11.1 Å². The van der Waals surface area contributed by atoms with Crippen molar-refractivity contribution in [2.75, 3.05) is 0 Å². The molecule has 0 bridgehead atoms. The van der Waals surface area contributed by atoms with Gasteiger partial charge in [-0.1, -0.05) is 78.8 Å². The van der Waals surface area contributed by atoms with Gasteiger partial charge in [0, 0.05) is 17.1 Å². The van der Waals surface area contributed by atoms with Crippen molar-refractivity contribution in [1.82, 2.24) is 0 Å². The molecule has 0 fully saturated rings. The van der Waals surface area contributed by atoms with E-state index in [-0.39, 0.29) is 27.0 Å². The Balaban J connectivity index is 0. The van der Waals surface area contributed by atoms with Crippen LogP contribution in [-0.4, -0.2) is 0 Å². The summed E-state index contributed by atoms with van der Waals surface area (Å²) in [6.07, 6.45) is 0. The molecule has 0 aliphatic carbocycles. The number of halogens is 1. The predicted octanol–water partition coefficient (Wildman–Crippen LogP) is 4.78. The summed E-state index contributed by atoms with van der Waals surface area (Å²) in [7, 11) is 0. The molecule has 0 saturated heterocycles. The molecule has 2 rings (SSSR count). The van der Waals surface area contributed by atoms with E-state index in [9.17, 15) is 0 Å². The summed E-state index contributed by atoms with van der Waals surface area (Å²) >= 11 is 4.76. The van der Waals surface area contributed by atoms with Crippen LogP contribution in [0.5, 0.6) is 0 Å². The van der Waals surface area contributed by atoms with Crippen LogP contribution in [-0.2, 0) is 17.1 Å². The number of rotatable bonds is 1. The molecular formula is C14H16ClCuP. The second-order valence-electron chi connectivity index (χ2n) is 2.89. The first kappa shape index (κ1) is 18.8. The predicted molar refractivity (Wildman–Crippen MR) is 79.0 cm³/mol. The summed E-state index contributed by atoms with van der Waals surface area (Å²) in [5.74, 6) is 0. The van der Waals surface area contributed by atoms with Gasteiger partial charge in [0.25, 0.3) is 0 Å². The van der Waals surface area contributed by atoms with Crippen LogP contribution in [0.2, 0.25) is 0 Å². The van der Waals surface area contributed by atoms with Gasteiger partial charge in [0.05, 0.1) is 0 Å². The molecule has 0 saturated carbocycles. The second kappa shape index (κ2) is 11.9. The van der Waals surface area contributed by atoms with Crippen LogP contribution in [0.1, 0.15) is 0 Å². The van der Waals surface area contributed by atoms with Gasteiger partial charge < -0.3 is 0 Å². The van der Waals surface area contributed by atoms with Crippen molar-refractivity contribution in [3.8, 4) is 11.1 Å². The van der Waals surface area contributed by atoms with E-state index in [0.29, 0.717) is 0 Å². The van der Waals surface area contributed by atoms with Gasteiger partial charge in [0.15, 0.2) is 0 Å². The molecule has 0 amide bonds. The summed E-state index contributed by atoms with van der Waals surface area (Å²) in [5, 5.41) is 0. The third-order valence-electron chi connectivity index (χ3n) is 1.88. The van der Waals surface area contributed by atoms with Crippen molar-refractivity contribution in [2.24, 2.45) is 0 Å². The van der Waals surface area contributed by atoms with Crippen molar-refractivity contribution >= 4 is 21.5 Å². The van der Waals surface area contributed by atoms with Crippen molar-refractivity contribution < 1.29 is 17.1 Å². The molecule has 0 aliphatic rings. The molecule has 0 N–H and O–H groups in total. The summed E-state index contributed by atoms with van der Waals surface area (Å²) < 4.78 is 0. The quantitative estimate of drug-likeness (QED) is 0.525. The first-order chi connectivity index (χ1) is 7.38. The van der Waals surface area contributed by atoms with E-state index in [0.717, 1.165) is 0 Å². The average Bonchev–Trinajstić information content (AvgIpc) is 2.32. The molecule has 2 aromatic rings. The molecule has 1 unspecified atom stereocenters. The summed E-state index contributed by atoms with van der Waals surface area (Å²) in [6, 6.07) is 20.8. The first-order valence-electron chi connectivity index (χ1n) is 4.70. The van der Waals surface area contributed by atoms with Crippen molar-refractivity contribution in [2.45, 2.75) is 0 Å². The SMILES string of the molecule is C=CCl.P.[Cu].c1ccc(-c2ccccc2)cc1. The zero-order chi connectivity index (χ0) is 10.9. The maximum atomic E-state index is 4.76. The summed E-state index contributed by atoms with van der Waals surface area (Å²) in [5.41, 5.74) is 3.77. The van der Waals surface area contributed by atoms with Gasteiger partial charge in [0.2, 0.25) is 0 Å². The molecule has 1 radical (unpaired) electrons. The van der Waals surface area contributed by atoms with Crippen LogP contribution in [0.3, 0.4) is 0 Å². The Kier molecular flexibility index (Phi) is 13.1. The molecule has 95 valence electrons. The Hall–Kier alpha value is -0.581. The number of hydrogen-bond donors (Lipinski definition) is 0. The third kappa shape index (κ3) is 7.36. The zero-order valence-electron chi connectivity index (χ0n) is 9.44. The van der Waals surface area contributed by atoms with Crippen LogP contribution in [0, 0.1) is 0 Å². The summed E-state index contributed by atoms with van der Waals surface area (Å²) in [6.45, 7) is 3.13. The van der Waals surface area contributed by atoms with Gasteiger partial charge in [0.1, 0.15) is 0 Å². The normalized spacial score (nSPS) is 7.59. The van der Waals surface area contributed by atoms with Gasteiger partial charge in [-0.25, -0.2) is 0 Å². The minimum atomic E-state index is 0. The van der Waals surface area contributed by atoms with Gasteiger partial charge in [-0.05, 0) is 16.7 Å². The monoisotopic (exact) mass is 313 g/mol. The Morgan fingerprint density at radius 3 is 1.24 bits per heavy atom. The van der Waals surface area contributed by atoms with E-state index in [2.05, 4.69) is 55.1 Å². The molecule has 3 heteroatoms. The van der Waals surface area contributed by atoms with Crippen LogP contribution >= 0.6 is 21.5 Å². The van der Waals surface area contributed by atoms with Crippen LogP contribution in [0.15, 0.2) is 72.8 Å². The van der Waals surface area contributed by atoms with Crippen molar-refractivity contribution in [1.29, 1.82) is 0 Å². The largest absolute Gasteiger partial charge is 0.153 e. The average molecular weight is 314 g/mol. The van der Waals surface area contributed by atoms with E-state index in [1.165, 1.54) is 16.7 Å². The summed E-state index contributed by atoms with van der Waals surface area (Å²) in [4.78, 5) is 0.